The lowest BCUT2D eigenvalue weighted by Gasteiger charge is -2.33. The van der Waals surface area contributed by atoms with Crippen molar-refractivity contribution in [1.29, 1.82) is 0 Å². The first-order chi connectivity index (χ1) is 11.9. The number of benzene rings is 1. The molecule has 1 saturated heterocycles. The van der Waals surface area contributed by atoms with Crippen LogP contribution in [0.15, 0.2) is 42.6 Å². The van der Waals surface area contributed by atoms with Gasteiger partial charge in [-0.1, -0.05) is 30.3 Å². The molecular formula is C19H26N4O. The van der Waals surface area contributed by atoms with Crippen molar-refractivity contribution in [2.45, 2.75) is 25.5 Å². The van der Waals surface area contributed by atoms with Crippen LogP contribution in [0.3, 0.4) is 0 Å². The van der Waals surface area contributed by atoms with E-state index in [1.165, 1.54) is 12.0 Å². The van der Waals surface area contributed by atoms with Crippen LogP contribution < -0.4 is 10.6 Å². The van der Waals surface area contributed by atoms with E-state index in [2.05, 4.69) is 50.7 Å². The first kappa shape index (κ1) is 15.7. The minimum Gasteiger partial charge on any atom is -0.373 e. The molecule has 0 radical (unpaired) electrons. The Hall–Kier alpha value is -1.85. The molecule has 2 aliphatic heterocycles. The maximum absolute atomic E-state index is 6.09. The van der Waals surface area contributed by atoms with Crippen molar-refractivity contribution in [3.8, 4) is 0 Å². The summed E-state index contributed by atoms with van der Waals surface area (Å²) in [7, 11) is 0. The Morgan fingerprint density at radius 2 is 2.12 bits per heavy atom. The van der Waals surface area contributed by atoms with Crippen LogP contribution >= 0.6 is 0 Å². The normalized spacial score (nSPS) is 26.6. The zero-order valence-electron chi connectivity index (χ0n) is 14.0. The number of fused-ring (bicyclic) bond motifs is 1. The van der Waals surface area contributed by atoms with Crippen molar-refractivity contribution >= 4 is 5.82 Å². The Morgan fingerprint density at radius 1 is 1.21 bits per heavy atom. The molecule has 1 fully saturated rings. The second kappa shape index (κ2) is 7.36. The molecule has 0 spiro atoms. The van der Waals surface area contributed by atoms with Gasteiger partial charge in [-0.15, -0.1) is 0 Å². The number of nitrogens with one attached hydrogen (secondary N) is 2. The zero-order chi connectivity index (χ0) is 16.2. The SMILES string of the molecule is c1ccc([C@@H]2OCCC[C@H]2CNC[C@@H]2CNc3ccnn3C2)cc1. The Bertz CT molecular complexity index is 642. The summed E-state index contributed by atoms with van der Waals surface area (Å²) in [6.45, 7) is 4.92. The lowest BCUT2D eigenvalue weighted by Crippen LogP contribution is -2.38. The van der Waals surface area contributed by atoms with Crippen molar-refractivity contribution in [3.63, 3.8) is 0 Å². The highest BCUT2D eigenvalue weighted by atomic mass is 16.5. The van der Waals surface area contributed by atoms with E-state index in [1.54, 1.807) is 0 Å². The topological polar surface area (TPSA) is 51.1 Å². The molecule has 4 rings (SSSR count). The van der Waals surface area contributed by atoms with Crippen molar-refractivity contribution in [1.82, 2.24) is 15.1 Å². The largest absolute Gasteiger partial charge is 0.373 e. The van der Waals surface area contributed by atoms with Crippen molar-refractivity contribution in [2.75, 3.05) is 31.6 Å². The van der Waals surface area contributed by atoms with E-state index in [0.717, 1.165) is 45.0 Å². The summed E-state index contributed by atoms with van der Waals surface area (Å²) in [5.74, 6) is 2.27. The second-order valence-corrected chi connectivity index (χ2v) is 6.91. The molecule has 2 aliphatic rings. The number of anilines is 1. The van der Waals surface area contributed by atoms with Gasteiger partial charge in [0.1, 0.15) is 5.82 Å². The van der Waals surface area contributed by atoms with Gasteiger partial charge in [0.15, 0.2) is 0 Å². The Labute approximate surface area is 143 Å². The molecule has 0 aliphatic carbocycles. The average molecular weight is 326 g/mol. The summed E-state index contributed by atoms with van der Waals surface area (Å²) in [4.78, 5) is 0. The molecular weight excluding hydrogens is 300 g/mol. The summed E-state index contributed by atoms with van der Waals surface area (Å²) < 4.78 is 8.15. The lowest BCUT2D eigenvalue weighted by molar-refractivity contribution is -0.0279. The van der Waals surface area contributed by atoms with Crippen LogP contribution in [0, 0.1) is 11.8 Å². The molecule has 0 bridgehead atoms. The minimum absolute atomic E-state index is 0.231. The smallest absolute Gasteiger partial charge is 0.124 e. The van der Waals surface area contributed by atoms with Crippen molar-refractivity contribution in [2.24, 2.45) is 11.8 Å². The van der Waals surface area contributed by atoms with Gasteiger partial charge in [0, 0.05) is 50.7 Å². The first-order valence-electron chi connectivity index (χ1n) is 9.03. The molecule has 128 valence electrons. The summed E-state index contributed by atoms with van der Waals surface area (Å²) in [6.07, 6.45) is 4.49. The van der Waals surface area contributed by atoms with Gasteiger partial charge in [-0.05, 0) is 18.4 Å². The van der Waals surface area contributed by atoms with E-state index in [-0.39, 0.29) is 6.10 Å². The molecule has 5 nitrogen and oxygen atoms in total. The van der Waals surface area contributed by atoms with E-state index in [0.29, 0.717) is 11.8 Å². The third kappa shape index (κ3) is 3.47. The summed E-state index contributed by atoms with van der Waals surface area (Å²) in [5, 5.41) is 11.5. The lowest BCUT2D eigenvalue weighted by atomic mass is 9.89. The molecule has 24 heavy (non-hydrogen) atoms. The number of nitrogens with zero attached hydrogens (tertiary/aromatic N) is 2. The molecule has 0 saturated carbocycles. The molecule has 3 atom stereocenters. The van der Waals surface area contributed by atoms with Gasteiger partial charge in [0.05, 0.1) is 12.3 Å². The quantitative estimate of drug-likeness (QED) is 0.887. The standard InChI is InChI=1S/C19H26N4O/c1-2-5-16(6-3-1)19-17(7-4-10-24-19)13-20-11-15-12-21-18-8-9-22-23(18)14-15/h1-3,5-6,8-9,15,17,19-21H,4,7,10-14H2/t15-,17+,19+/m1/s1. The molecule has 1 aromatic carbocycles. The highest BCUT2D eigenvalue weighted by Crippen LogP contribution is 2.33. The van der Waals surface area contributed by atoms with Crippen LogP contribution in [0.5, 0.6) is 0 Å². The highest BCUT2D eigenvalue weighted by Gasteiger charge is 2.27. The van der Waals surface area contributed by atoms with E-state index in [9.17, 15) is 0 Å². The predicted molar refractivity (Wildman–Crippen MR) is 94.9 cm³/mol. The van der Waals surface area contributed by atoms with Gasteiger partial charge in [-0.25, -0.2) is 4.68 Å². The number of hydrogen-bond donors (Lipinski definition) is 2. The number of hydrogen-bond acceptors (Lipinski definition) is 4. The Kier molecular flexibility index (Phi) is 4.81. The highest BCUT2D eigenvalue weighted by molar-refractivity contribution is 5.35. The van der Waals surface area contributed by atoms with Gasteiger partial charge >= 0.3 is 0 Å². The van der Waals surface area contributed by atoms with Crippen LogP contribution in [0.2, 0.25) is 0 Å². The van der Waals surface area contributed by atoms with Crippen LogP contribution in [0.1, 0.15) is 24.5 Å². The van der Waals surface area contributed by atoms with Crippen molar-refractivity contribution in [3.05, 3.63) is 48.2 Å². The Balaban J connectivity index is 1.30. The summed E-state index contributed by atoms with van der Waals surface area (Å²) in [6, 6.07) is 12.7. The summed E-state index contributed by atoms with van der Waals surface area (Å²) >= 11 is 0. The van der Waals surface area contributed by atoms with Crippen LogP contribution in [0.25, 0.3) is 0 Å². The number of rotatable bonds is 5. The fourth-order valence-corrected chi connectivity index (χ4v) is 3.86. The minimum atomic E-state index is 0.231. The second-order valence-electron chi connectivity index (χ2n) is 6.91. The van der Waals surface area contributed by atoms with Gasteiger partial charge < -0.3 is 15.4 Å². The maximum atomic E-state index is 6.09. The average Bonchev–Trinajstić information content (AvgIpc) is 3.11. The first-order valence-corrected chi connectivity index (χ1v) is 9.03. The van der Waals surface area contributed by atoms with Gasteiger partial charge in [-0.3, -0.25) is 0 Å². The van der Waals surface area contributed by atoms with Gasteiger partial charge in [0.25, 0.3) is 0 Å². The van der Waals surface area contributed by atoms with Gasteiger partial charge in [0.2, 0.25) is 0 Å². The fourth-order valence-electron chi connectivity index (χ4n) is 3.86. The monoisotopic (exact) mass is 326 g/mol. The molecule has 1 aromatic heterocycles. The van der Waals surface area contributed by atoms with E-state index >= 15 is 0 Å². The zero-order valence-corrected chi connectivity index (χ0v) is 14.0. The van der Waals surface area contributed by atoms with E-state index in [4.69, 9.17) is 4.74 Å². The molecule has 2 N–H and O–H groups in total. The molecule has 0 amide bonds. The molecule has 3 heterocycles. The van der Waals surface area contributed by atoms with Crippen LogP contribution in [-0.2, 0) is 11.3 Å². The van der Waals surface area contributed by atoms with Crippen LogP contribution in [-0.4, -0.2) is 36.0 Å². The Morgan fingerprint density at radius 3 is 3.04 bits per heavy atom. The van der Waals surface area contributed by atoms with E-state index < -0.39 is 0 Å². The third-order valence-corrected chi connectivity index (χ3v) is 5.13. The maximum Gasteiger partial charge on any atom is 0.124 e. The van der Waals surface area contributed by atoms with Crippen molar-refractivity contribution < 1.29 is 4.74 Å². The van der Waals surface area contributed by atoms with Gasteiger partial charge in [-0.2, -0.15) is 5.10 Å². The predicted octanol–water partition coefficient (Wildman–Crippen LogP) is 2.68. The number of aromatic nitrogens is 2. The molecule has 0 unspecified atom stereocenters. The summed E-state index contributed by atoms with van der Waals surface area (Å²) in [5.41, 5.74) is 1.31. The molecule has 2 aromatic rings. The third-order valence-electron chi connectivity index (χ3n) is 5.13. The van der Waals surface area contributed by atoms with Crippen LogP contribution in [0.4, 0.5) is 5.82 Å². The number of ether oxygens (including phenoxy) is 1. The molecule has 5 heteroatoms. The fraction of sp³-hybridized carbons (Fsp3) is 0.526. The van der Waals surface area contributed by atoms with E-state index in [1.807, 2.05) is 12.3 Å².